The number of benzene rings is 1. The van der Waals surface area contributed by atoms with Crippen LogP contribution in [0, 0.1) is 0 Å². The first-order chi connectivity index (χ1) is 11.0. The van der Waals surface area contributed by atoms with Crippen LogP contribution in [0.4, 0.5) is 0 Å². The van der Waals surface area contributed by atoms with Crippen LogP contribution in [0.3, 0.4) is 0 Å². The summed E-state index contributed by atoms with van der Waals surface area (Å²) in [5, 5.41) is 2.11. The predicted molar refractivity (Wildman–Crippen MR) is 98.8 cm³/mol. The molecule has 4 nitrogen and oxygen atoms in total. The Balaban J connectivity index is 2.16. The van der Waals surface area contributed by atoms with Crippen LogP contribution in [0.5, 0.6) is 0 Å². The summed E-state index contributed by atoms with van der Waals surface area (Å²) in [6.45, 7) is 0.274. The third kappa shape index (κ3) is 3.26. The highest BCUT2D eigenvalue weighted by Crippen LogP contribution is 2.26. The quantitative estimate of drug-likeness (QED) is 0.448. The lowest BCUT2D eigenvalue weighted by atomic mass is 10.2. The van der Waals surface area contributed by atoms with Crippen molar-refractivity contribution in [3.8, 4) is 0 Å². The van der Waals surface area contributed by atoms with Gasteiger partial charge in [0.1, 0.15) is 0 Å². The van der Waals surface area contributed by atoms with E-state index in [-0.39, 0.29) is 12.1 Å². The summed E-state index contributed by atoms with van der Waals surface area (Å²) in [7, 11) is 0. The number of hydrogen-bond acceptors (Lipinski definition) is 4. The molecule has 0 N–H and O–H groups in total. The second kappa shape index (κ2) is 6.81. The summed E-state index contributed by atoms with van der Waals surface area (Å²) in [6, 6.07) is 5.26. The molecule has 0 radical (unpaired) electrons. The molecule has 3 rings (SSSR count). The minimum Gasteiger partial charge on any atom is -0.309 e. The van der Waals surface area contributed by atoms with Crippen molar-refractivity contribution in [2.75, 3.05) is 6.26 Å². The molecule has 1 aromatic carbocycles. The Morgan fingerprint density at radius 3 is 2.65 bits per heavy atom. The normalized spacial score (nSPS) is 11.1. The molecule has 2 heterocycles. The van der Waals surface area contributed by atoms with Gasteiger partial charge in [0, 0.05) is 28.0 Å². The van der Waals surface area contributed by atoms with E-state index < -0.39 is 0 Å². The molecule has 0 atom stereocenters. The molecule has 0 aliphatic heterocycles. The van der Waals surface area contributed by atoms with Crippen molar-refractivity contribution in [2.45, 2.75) is 11.7 Å². The highest BCUT2D eigenvalue weighted by Gasteiger charge is 2.13. The molecule has 118 valence electrons. The van der Waals surface area contributed by atoms with Gasteiger partial charge in [0.25, 0.3) is 5.56 Å². The van der Waals surface area contributed by atoms with Gasteiger partial charge in [0.05, 0.1) is 21.9 Å². The van der Waals surface area contributed by atoms with Crippen LogP contribution in [0.1, 0.15) is 5.56 Å². The fourth-order valence-corrected chi connectivity index (χ4v) is 3.59. The van der Waals surface area contributed by atoms with Gasteiger partial charge in [-0.3, -0.25) is 4.79 Å². The Morgan fingerprint density at radius 1 is 1.30 bits per heavy atom. The second-order valence-corrected chi connectivity index (χ2v) is 7.17. The number of thioether (sulfide) groups is 1. The zero-order valence-corrected chi connectivity index (χ0v) is 15.8. The third-order valence-corrected chi connectivity index (χ3v) is 5.18. The summed E-state index contributed by atoms with van der Waals surface area (Å²) in [5.74, 6) is 0. The molecule has 2 aromatic heterocycles. The molecular formula is C15H10BrCl2N3OS. The smallest absolute Gasteiger partial charge is 0.261 e. The molecular weight excluding hydrogens is 421 g/mol. The van der Waals surface area contributed by atoms with E-state index in [0.29, 0.717) is 36.1 Å². The lowest BCUT2D eigenvalue weighted by Crippen LogP contribution is -2.21. The Hall–Kier alpha value is -1.08. The molecule has 23 heavy (non-hydrogen) atoms. The number of pyridine rings is 1. The Labute approximate surface area is 155 Å². The van der Waals surface area contributed by atoms with Crippen molar-refractivity contribution in [3.05, 3.63) is 61.0 Å². The number of hydrogen-bond donors (Lipinski definition) is 0. The maximum Gasteiger partial charge on any atom is 0.261 e. The van der Waals surface area contributed by atoms with Gasteiger partial charge in [0.15, 0.2) is 5.16 Å². The van der Waals surface area contributed by atoms with Gasteiger partial charge in [-0.25, -0.2) is 9.97 Å². The van der Waals surface area contributed by atoms with Crippen LogP contribution in [0.25, 0.3) is 10.9 Å². The summed E-state index contributed by atoms with van der Waals surface area (Å²) in [4.78, 5) is 21.2. The first kappa shape index (κ1) is 16.8. The molecule has 0 saturated heterocycles. The van der Waals surface area contributed by atoms with Crippen LogP contribution in [-0.4, -0.2) is 20.8 Å². The fourth-order valence-electron chi connectivity index (χ4n) is 2.19. The topological polar surface area (TPSA) is 47.8 Å². The second-order valence-electron chi connectivity index (χ2n) is 4.73. The molecule has 0 bridgehead atoms. The van der Waals surface area contributed by atoms with Gasteiger partial charge in [-0.1, -0.05) is 41.0 Å². The molecule has 0 aliphatic rings. The zero-order chi connectivity index (χ0) is 16.6. The zero-order valence-electron chi connectivity index (χ0n) is 11.9. The highest BCUT2D eigenvalue weighted by molar-refractivity contribution is 9.10. The highest BCUT2D eigenvalue weighted by atomic mass is 79.9. The van der Waals surface area contributed by atoms with E-state index in [1.165, 1.54) is 11.8 Å². The molecule has 0 amide bonds. The molecule has 0 fully saturated rings. The Kier molecular flexibility index (Phi) is 4.96. The summed E-state index contributed by atoms with van der Waals surface area (Å²) in [5.41, 5.74) is 1.11. The summed E-state index contributed by atoms with van der Waals surface area (Å²) >= 11 is 17.3. The monoisotopic (exact) mass is 429 g/mol. The van der Waals surface area contributed by atoms with E-state index in [2.05, 4.69) is 25.9 Å². The predicted octanol–water partition coefficient (Wildman–Crippen LogP) is 4.63. The van der Waals surface area contributed by atoms with Gasteiger partial charge in [-0.15, -0.1) is 0 Å². The standard InChI is InChI=1S/C15H10BrCl2N3OS/c1-23-15-19-5-8-13(20-15)10(16)7-21(14(8)22)6-9-11(17)3-2-4-12(9)18/h2-5,7H,6H2,1H3. The molecule has 0 aliphatic carbocycles. The lowest BCUT2D eigenvalue weighted by Gasteiger charge is -2.11. The summed E-state index contributed by atoms with van der Waals surface area (Å²) in [6.07, 6.45) is 5.13. The van der Waals surface area contributed by atoms with Crippen LogP contribution >= 0.6 is 50.9 Å². The van der Waals surface area contributed by atoms with Crippen LogP contribution in [-0.2, 0) is 6.54 Å². The van der Waals surface area contributed by atoms with Gasteiger partial charge < -0.3 is 4.57 Å². The third-order valence-electron chi connectivity index (χ3n) is 3.33. The number of halogens is 3. The van der Waals surface area contributed by atoms with Crippen molar-refractivity contribution in [2.24, 2.45) is 0 Å². The van der Waals surface area contributed by atoms with E-state index in [9.17, 15) is 4.79 Å². The molecule has 0 spiro atoms. The van der Waals surface area contributed by atoms with Crippen LogP contribution in [0.15, 0.2) is 45.0 Å². The van der Waals surface area contributed by atoms with E-state index >= 15 is 0 Å². The largest absolute Gasteiger partial charge is 0.309 e. The minimum atomic E-state index is -0.188. The van der Waals surface area contributed by atoms with Crippen molar-refractivity contribution in [1.82, 2.24) is 14.5 Å². The number of aromatic nitrogens is 3. The van der Waals surface area contributed by atoms with Gasteiger partial charge >= 0.3 is 0 Å². The first-order valence-electron chi connectivity index (χ1n) is 6.54. The van der Waals surface area contributed by atoms with E-state index in [1.54, 1.807) is 35.2 Å². The van der Waals surface area contributed by atoms with Crippen molar-refractivity contribution in [1.29, 1.82) is 0 Å². The Morgan fingerprint density at radius 2 is 2.00 bits per heavy atom. The molecule has 0 saturated carbocycles. The Bertz CT molecular complexity index is 941. The van der Waals surface area contributed by atoms with Crippen molar-refractivity contribution < 1.29 is 0 Å². The number of rotatable bonds is 3. The molecule has 3 aromatic rings. The lowest BCUT2D eigenvalue weighted by molar-refractivity contribution is 0.763. The average molecular weight is 431 g/mol. The van der Waals surface area contributed by atoms with Gasteiger partial charge in [-0.2, -0.15) is 0 Å². The number of nitrogens with zero attached hydrogens (tertiary/aromatic N) is 3. The van der Waals surface area contributed by atoms with Gasteiger partial charge in [0.2, 0.25) is 0 Å². The SMILES string of the molecule is CSc1ncc2c(=O)n(Cc3c(Cl)cccc3Cl)cc(Br)c2n1. The van der Waals surface area contributed by atoms with Gasteiger partial charge in [-0.05, 0) is 34.3 Å². The maximum absolute atomic E-state index is 12.7. The van der Waals surface area contributed by atoms with E-state index in [1.807, 2.05) is 6.26 Å². The average Bonchev–Trinajstić information content (AvgIpc) is 2.55. The van der Waals surface area contributed by atoms with E-state index in [4.69, 9.17) is 23.2 Å². The molecule has 8 heteroatoms. The van der Waals surface area contributed by atoms with Crippen molar-refractivity contribution in [3.63, 3.8) is 0 Å². The van der Waals surface area contributed by atoms with Crippen LogP contribution in [0.2, 0.25) is 10.0 Å². The van der Waals surface area contributed by atoms with Crippen LogP contribution < -0.4 is 5.56 Å². The fraction of sp³-hybridized carbons (Fsp3) is 0.133. The molecule has 0 unspecified atom stereocenters. The first-order valence-corrected chi connectivity index (χ1v) is 9.31. The maximum atomic E-state index is 12.7. The minimum absolute atomic E-state index is 0.188. The van der Waals surface area contributed by atoms with Crippen molar-refractivity contribution >= 4 is 61.8 Å². The van der Waals surface area contributed by atoms with E-state index in [0.717, 1.165) is 0 Å². The number of fused-ring (bicyclic) bond motifs is 1. The summed E-state index contributed by atoms with van der Waals surface area (Å²) < 4.78 is 2.26.